The Morgan fingerprint density at radius 1 is 1.30 bits per heavy atom. The van der Waals surface area contributed by atoms with Crippen LogP contribution in [-0.4, -0.2) is 28.9 Å². The average molecular weight is 280 g/mol. The van der Waals surface area contributed by atoms with E-state index in [0.717, 1.165) is 5.56 Å². The summed E-state index contributed by atoms with van der Waals surface area (Å²) in [7, 11) is 0. The lowest BCUT2D eigenvalue weighted by atomic mass is 9.88. The van der Waals surface area contributed by atoms with Crippen LogP contribution < -0.4 is 11.1 Å². The summed E-state index contributed by atoms with van der Waals surface area (Å²) in [6.45, 7) is 6.79. The van der Waals surface area contributed by atoms with E-state index in [1.54, 1.807) is 27.7 Å². The smallest absolute Gasteiger partial charge is 0.408 e. The maximum Gasteiger partial charge on any atom is 0.408 e. The molecule has 0 aliphatic heterocycles. The summed E-state index contributed by atoms with van der Waals surface area (Å²) in [6.07, 6.45) is -0.559. The summed E-state index contributed by atoms with van der Waals surface area (Å²) in [4.78, 5) is 11.9. The van der Waals surface area contributed by atoms with E-state index in [0.29, 0.717) is 0 Å². The van der Waals surface area contributed by atoms with Gasteiger partial charge in [0.15, 0.2) is 0 Å². The molecule has 2 atom stereocenters. The number of aliphatic hydroxyl groups is 1. The molecule has 5 nitrogen and oxygen atoms in total. The van der Waals surface area contributed by atoms with Crippen LogP contribution in [0.2, 0.25) is 0 Å². The molecular weight excluding hydrogens is 256 g/mol. The Hall–Kier alpha value is -1.59. The molecule has 0 aliphatic carbocycles. The van der Waals surface area contributed by atoms with Gasteiger partial charge in [0, 0.05) is 0 Å². The minimum Gasteiger partial charge on any atom is -0.444 e. The predicted octanol–water partition coefficient (Wildman–Crippen LogP) is 1.96. The van der Waals surface area contributed by atoms with E-state index in [1.165, 1.54) is 0 Å². The molecule has 1 aromatic rings. The Bertz CT molecular complexity index is 438. The third-order valence-corrected chi connectivity index (χ3v) is 2.79. The summed E-state index contributed by atoms with van der Waals surface area (Å²) >= 11 is 0. The Balaban J connectivity index is 2.93. The number of alkyl carbamates (subject to hydrolysis) is 1. The van der Waals surface area contributed by atoms with Crippen molar-refractivity contribution in [3.63, 3.8) is 0 Å². The maximum atomic E-state index is 11.9. The van der Waals surface area contributed by atoms with Crippen molar-refractivity contribution in [3.8, 4) is 0 Å². The molecule has 1 amide bonds. The quantitative estimate of drug-likeness (QED) is 0.787. The molecule has 1 aromatic carbocycles. The number of carbonyl (C=O) groups is 1. The fraction of sp³-hybridized carbons (Fsp3) is 0.533. The van der Waals surface area contributed by atoms with Crippen molar-refractivity contribution < 1.29 is 14.6 Å². The standard InChI is InChI=1S/C15H24N2O3/c1-14(2,3)20-13(19)17-12(15(4,16)10-18)11-8-6-5-7-9-11/h5-9,12,18H,10,16H2,1-4H3,(H,17,19). The average Bonchev–Trinajstić information content (AvgIpc) is 2.35. The van der Waals surface area contributed by atoms with Gasteiger partial charge in [-0.25, -0.2) is 4.79 Å². The maximum absolute atomic E-state index is 11.9. The normalized spacial score (nSPS) is 16.1. The number of benzene rings is 1. The van der Waals surface area contributed by atoms with Crippen LogP contribution in [0.4, 0.5) is 4.79 Å². The molecule has 0 bridgehead atoms. The van der Waals surface area contributed by atoms with Gasteiger partial charge in [0.2, 0.25) is 0 Å². The van der Waals surface area contributed by atoms with Gasteiger partial charge in [-0.1, -0.05) is 30.3 Å². The first-order valence-corrected chi connectivity index (χ1v) is 6.60. The minimum absolute atomic E-state index is 0.262. The van der Waals surface area contributed by atoms with Gasteiger partial charge in [-0.2, -0.15) is 0 Å². The van der Waals surface area contributed by atoms with Crippen LogP contribution in [0, 0.1) is 0 Å². The summed E-state index contributed by atoms with van der Waals surface area (Å²) in [5, 5.41) is 12.2. The van der Waals surface area contributed by atoms with E-state index in [4.69, 9.17) is 10.5 Å². The Morgan fingerprint density at radius 3 is 2.30 bits per heavy atom. The second-order valence-electron chi connectivity index (χ2n) is 6.15. The molecule has 5 heteroatoms. The summed E-state index contributed by atoms with van der Waals surface area (Å²) in [6, 6.07) is 8.74. The summed E-state index contributed by atoms with van der Waals surface area (Å²) < 4.78 is 5.24. The first-order valence-electron chi connectivity index (χ1n) is 6.60. The van der Waals surface area contributed by atoms with Crippen molar-refractivity contribution in [1.82, 2.24) is 5.32 Å². The van der Waals surface area contributed by atoms with E-state index < -0.39 is 23.3 Å². The predicted molar refractivity (Wildman–Crippen MR) is 78.2 cm³/mol. The number of rotatable bonds is 4. The summed E-state index contributed by atoms with van der Waals surface area (Å²) in [5.74, 6) is 0. The molecule has 0 saturated carbocycles. The van der Waals surface area contributed by atoms with E-state index in [-0.39, 0.29) is 6.61 Å². The van der Waals surface area contributed by atoms with E-state index in [1.807, 2.05) is 30.3 Å². The number of nitrogens with two attached hydrogens (primary N) is 1. The van der Waals surface area contributed by atoms with Gasteiger partial charge in [0.1, 0.15) is 5.60 Å². The molecule has 0 fully saturated rings. The molecule has 2 unspecified atom stereocenters. The number of hydrogen-bond acceptors (Lipinski definition) is 4. The second-order valence-corrected chi connectivity index (χ2v) is 6.15. The van der Waals surface area contributed by atoms with Crippen molar-refractivity contribution in [3.05, 3.63) is 35.9 Å². The molecule has 0 aromatic heterocycles. The van der Waals surface area contributed by atoms with E-state index in [2.05, 4.69) is 5.32 Å². The molecule has 0 spiro atoms. The lowest BCUT2D eigenvalue weighted by Crippen LogP contribution is -2.53. The molecule has 4 N–H and O–H groups in total. The highest BCUT2D eigenvalue weighted by Crippen LogP contribution is 2.24. The Labute approximate surface area is 120 Å². The zero-order valence-corrected chi connectivity index (χ0v) is 12.5. The highest BCUT2D eigenvalue weighted by Gasteiger charge is 2.33. The lowest BCUT2D eigenvalue weighted by molar-refractivity contribution is 0.0459. The fourth-order valence-electron chi connectivity index (χ4n) is 1.79. The van der Waals surface area contributed by atoms with Gasteiger partial charge < -0.3 is 20.9 Å². The van der Waals surface area contributed by atoms with E-state index in [9.17, 15) is 9.90 Å². The number of hydrogen-bond donors (Lipinski definition) is 3. The molecule has 0 aliphatic rings. The van der Waals surface area contributed by atoms with Gasteiger partial charge in [-0.05, 0) is 33.3 Å². The van der Waals surface area contributed by atoms with Crippen LogP contribution in [0.3, 0.4) is 0 Å². The van der Waals surface area contributed by atoms with Gasteiger partial charge in [-0.15, -0.1) is 0 Å². The van der Waals surface area contributed by atoms with Crippen LogP contribution in [0.15, 0.2) is 30.3 Å². The van der Waals surface area contributed by atoms with Gasteiger partial charge in [0.25, 0.3) is 0 Å². The fourth-order valence-corrected chi connectivity index (χ4v) is 1.79. The second kappa shape index (κ2) is 6.24. The highest BCUT2D eigenvalue weighted by molar-refractivity contribution is 5.68. The molecule has 20 heavy (non-hydrogen) atoms. The van der Waals surface area contributed by atoms with Gasteiger partial charge >= 0.3 is 6.09 Å². The third kappa shape index (κ3) is 4.83. The molecule has 112 valence electrons. The third-order valence-electron chi connectivity index (χ3n) is 2.79. The highest BCUT2D eigenvalue weighted by atomic mass is 16.6. The van der Waals surface area contributed by atoms with Crippen LogP contribution in [0.5, 0.6) is 0 Å². The van der Waals surface area contributed by atoms with Crippen molar-refractivity contribution in [1.29, 1.82) is 0 Å². The van der Waals surface area contributed by atoms with Crippen molar-refractivity contribution in [2.75, 3.05) is 6.61 Å². The Kier molecular flexibility index (Phi) is 5.14. The number of nitrogens with one attached hydrogen (secondary N) is 1. The first-order chi connectivity index (χ1) is 9.15. The van der Waals surface area contributed by atoms with Gasteiger partial charge in [-0.3, -0.25) is 0 Å². The lowest BCUT2D eigenvalue weighted by Gasteiger charge is -2.34. The van der Waals surface area contributed by atoms with Crippen molar-refractivity contribution in [2.24, 2.45) is 5.73 Å². The summed E-state index contributed by atoms with van der Waals surface area (Å²) in [5.41, 5.74) is 5.33. The molecule has 0 radical (unpaired) electrons. The molecule has 0 saturated heterocycles. The van der Waals surface area contributed by atoms with Crippen molar-refractivity contribution >= 4 is 6.09 Å². The van der Waals surface area contributed by atoms with Crippen molar-refractivity contribution in [2.45, 2.75) is 44.9 Å². The minimum atomic E-state index is -0.988. The zero-order chi connectivity index (χ0) is 15.4. The molecular formula is C15H24N2O3. The number of ether oxygens (including phenoxy) is 1. The van der Waals surface area contributed by atoms with Crippen LogP contribution >= 0.6 is 0 Å². The Morgan fingerprint density at radius 2 is 1.85 bits per heavy atom. The zero-order valence-electron chi connectivity index (χ0n) is 12.5. The van der Waals surface area contributed by atoms with Crippen LogP contribution in [0.1, 0.15) is 39.3 Å². The SMILES string of the molecule is CC(C)(C)OC(=O)NC(c1ccccc1)C(C)(N)CO. The number of carbonyl (C=O) groups excluding carboxylic acids is 1. The number of aliphatic hydroxyl groups excluding tert-OH is 1. The monoisotopic (exact) mass is 280 g/mol. The molecule has 0 heterocycles. The number of amides is 1. The van der Waals surface area contributed by atoms with Gasteiger partial charge in [0.05, 0.1) is 18.2 Å². The molecule has 1 rings (SSSR count). The van der Waals surface area contributed by atoms with Crippen LogP contribution in [0.25, 0.3) is 0 Å². The van der Waals surface area contributed by atoms with Crippen LogP contribution in [-0.2, 0) is 4.74 Å². The first kappa shape index (κ1) is 16.5. The largest absolute Gasteiger partial charge is 0.444 e. The topological polar surface area (TPSA) is 84.6 Å². The van der Waals surface area contributed by atoms with E-state index >= 15 is 0 Å².